The standard InChI is InChI=1S/C10H12INO/c1-7(2)8-3-5-9(6-4-8)12-10(11)13/h3-7H,1-2H3,(H,12,13). The number of anilines is 1. The summed E-state index contributed by atoms with van der Waals surface area (Å²) in [4.78, 5) is 10.7. The van der Waals surface area contributed by atoms with Crippen molar-refractivity contribution in [3.63, 3.8) is 0 Å². The van der Waals surface area contributed by atoms with Gasteiger partial charge < -0.3 is 5.32 Å². The van der Waals surface area contributed by atoms with Gasteiger partial charge in [-0.25, -0.2) is 0 Å². The number of carbonyl (C=O) groups excluding carboxylic acids is 1. The van der Waals surface area contributed by atoms with E-state index in [1.807, 2.05) is 24.3 Å². The minimum absolute atomic E-state index is 0.0603. The second-order valence-corrected chi connectivity index (χ2v) is 4.16. The fraction of sp³-hybridized carbons (Fsp3) is 0.300. The Labute approximate surface area is 91.9 Å². The van der Waals surface area contributed by atoms with Crippen LogP contribution in [0.5, 0.6) is 0 Å². The summed E-state index contributed by atoms with van der Waals surface area (Å²) in [6.07, 6.45) is 0. The van der Waals surface area contributed by atoms with Crippen LogP contribution in [0.15, 0.2) is 24.3 Å². The highest BCUT2D eigenvalue weighted by Crippen LogP contribution is 2.17. The smallest absolute Gasteiger partial charge is 0.284 e. The van der Waals surface area contributed by atoms with Gasteiger partial charge in [0.25, 0.3) is 3.91 Å². The van der Waals surface area contributed by atoms with Gasteiger partial charge in [-0.2, -0.15) is 0 Å². The molecule has 70 valence electrons. The molecule has 0 saturated heterocycles. The number of hydrogen-bond donors (Lipinski definition) is 1. The van der Waals surface area contributed by atoms with Crippen LogP contribution in [0.25, 0.3) is 0 Å². The van der Waals surface area contributed by atoms with Crippen LogP contribution in [0, 0.1) is 0 Å². The summed E-state index contributed by atoms with van der Waals surface area (Å²) in [5.41, 5.74) is 2.13. The molecular weight excluding hydrogens is 277 g/mol. The van der Waals surface area contributed by atoms with Crippen LogP contribution >= 0.6 is 22.6 Å². The predicted octanol–water partition coefficient (Wildman–Crippen LogP) is 3.78. The molecule has 1 aromatic carbocycles. The Balaban J connectivity index is 2.75. The molecule has 0 spiro atoms. The topological polar surface area (TPSA) is 29.1 Å². The molecule has 0 atom stereocenters. The summed E-state index contributed by atoms with van der Waals surface area (Å²) in [5.74, 6) is 0.532. The van der Waals surface area contributed by atoms with Crippen LogP contribution in [0.4, 0.5) is 10.5 Å². The zero-order chi connectivity index (χ0) is 9.84. The first-order valence-electron chi connectivity index (χ1n) is 4.16. The summed E-state index contributed by atoms with van der Waals surface area (Å²) < 4.78 is -0.0603. The molecule has 2 nitrogen and oxygen atoms in total. The van der Waals surface area contributed by atoms with E-state index in [9.17, 15) is 4.79 Å². The van der Waals surface area contributed by atoms with E-state index in [-0.39, 0.29) is 3.91 Å². The molecule has 0 fully saturated rings. The van der Waals surface area contributed by atoms with Gasteiger partial charge in [0, 0.05) is 28.3 Å². The van der Waals surface area contributed by atoms with Crippen molar-refractivity contribution in [1.29, 1.82) is 0 Å². The van der Waals surface area contributed by atoms with Crippen LogP contribution in [-0.2, 0) is 0 Å². The number of rotatable bonds is 2. The van der Waals surface area contributed by atoms with Gasteiger partial charge in [-0.15, -0.1) is 0 Å². The summed E-state index contributed by atoms with van der Waals surface area (Å²) in [6, 6.07) is 7.91. The van der Waals surface area contributed by atoms with Crippen molar-refractivity contribution in [2.45, 2.75) is 19.8 Å². The van der Waals surface area contributed by atoms with E-state index in [1.54, 1.807) is 22.6 Å². The lowest BCUT2D eigenvalue weighted by Gasteiger charge is -2.06. The first-order valence-corrected chi connectivity index (χ1v) is 5.24. The third-order valence-corrected chi connectivity index (χ3v) is 2.09. The summed E-state index contributed by atoms with van der Waals surface area (Å²) in [7, 11) is 0. The zero-order valence-corrected chi connectivity index (χ0v) is 9.83. The van der Waals surface area contributed by atoms with E-state index in [0.29, 0.717) is 5.92 Å². The lowest BCUT2D eigenvalue weighted by molar-refractivity contribution is 0.272. The lowest BCUT2D eigenvalue weighted by atomic mass is 10.0. The van der Waals surface area contributed by atoms with Gasteiger partial charge in [0.05, 0.1) is 0 Å². The summed E-state index contributed by atoms with van der Waals surface area (Å²) in [6.45, 7) is 4.29. The van der Waals surface area contributed by atoms with Crippen LogP contribution < -0.4 is 5.32 Å². The van der Waals surface area contributed by atoms with Gasteiger partial charge >= 0.3 is 0 Å². The molecule has 0 bridgehead atoms. The molecule has 1 aromatic rings. The van der Waals surface area contributed by atoms with Gasteiger partial charge in [-0.1, -0.05) is 26.0 Å². The Morgan fingerprint density at radius 2 is 1.85 bits per heavy atom. The van der Waals surface area contributed by atoms with Crippen LogP contribution in [0.1, 0.15) is 25.3 Å². The Kier molecular flexibility index (Phi) is 3.71. The van der Waals surface area contributed by atoms with Crippen LogP contribution in [0.3, 0.4) is 0 Å². The van der Waals surface area contributed by atoms with Crippen LogP contribution in [-0.4, -0.2) is 3.91 Å². The summed E-state index contributed by atoms with van der Waals surface area (Å²) in [5, 5.41) is 2.72. The second kappa shape index (κ2) is 4.60. The number of amides is 1. The molecule has 13 heavy (non-hydrogen) atoms. The van der Waals surface area contributed by atoms with Crippen molar-refractivity contribution in [2.24, 2.45) is 0 Å². The SMILES string of the molecule is CC(C)c1ccc(NC(=O)I)cc1. The molecule has 0 saturated carbocycles. The van der Waals surface area contributed by atoms with Crippen molar-refractivity contribution in [3.05, 3.63) is 29.8 Å². The molecule has 0 aliphatic carbocycles. The Morgan fingerprint density at radius 3 is 2.23 bits per heavy atom. The highest BCUT2D eigenvalue weighted by molar-refractivity contribution is 14.1. The van der Waals surface area contributed by atoms with Crippen molar-refractivity contribution >= 4 is 32.2 Å². The third kappa shape index (κ3) is 3.34. The molecule has 0 aliphatic rings. The maximum atomic E-state index is 10.7. The molecular formula is C10H12INO. The minimum Gasteiger partial charge on any atom is -0.317 e. The van der Waals surface area contributed by atoms with Gasteiger partial charge in [0.2, 0.25) is 0 Å². The third-order valence-electron chi connectivity index (χ3n) is 1.82. The van der Waals surface area contributed by atoms with Gasteiger partial charge in [0.15, 0.2) is 0 Å². The average Bonchev–Trinajstić information content (AvgIpc) is 2.04. The number of hydrogen-bond acceptors (Lipinski definition) is 1. The fourth-order valence-electron chi connectivity index (χ4n) is 1.06. The van der Waals surface area contributed by atoms with Crippen molar-refractivity contribution in [3.8, 4) is 0 Å². The lowest BCUT2D eigenvalue weighted by Crippen LogP contribution is -2.00. The molecule has 3 heteroatoms. The van der Waals surface area contributed by atoms with Gasteiger partial charge in [-0.05, 0) is 23.6 Å². The van der Waals surface area contributed by atoms with E-state index < -0.39 is 0 Å². The quantitative estimate of drug-likeness (QED) is 0.501. The number of benzene rings is 1. The monoisotopic (exact) mass is 289 g/mol. The van der Waals surface area contributed by atoms with E-state index in [2.05, 4.69) is 19.2 Å². The number of nitrogens with one attached hydrogen (secondary N) is 1. The first kappa shape index (κ1) is 10.5. The predicted molar refractivity (Wildman–Crippen MR) is 63.6 cm³/mol. The Bertz CT molecular complexity index is 292. The molecule has 0 heterocycles. The fourth-order valence-corrected chi connectivity index (χ4v) is 1.38. The maximum absolute atomic E-state index is 10.7. The van der Waals surface area contributed by atoms with Gasteiger partial charge in [-0.3, -0.25) is 4.79 Å². The van der Waals surface area contributed by atoms with E-state index in [0.717, 1.165) is 5.69 Å². The highest BCUT2D eigenvalue weighted by Gasteiger charge is 1.99. The molecule has 0 aliphatic heterocycles. The van der Waals surface area contributed by atoms with E-state index in [1.165, 1.54) is 5.56 Å². The molecule has 1 rings (SSSR count). The van der Waals surface area contributed by atoms with Gasteiger partial charge in [0.1, 0.15) is 0 Å². The molecule has 1 N–H and O–H groups in total. The van der Waals surface area contributed by atoms with E-state index >= 15 is 0 Å². The van der Waals surface area contributed by atoms with Crippen molar-refractivity contribution < 1.29 is 4.79 Å². The Hall–Kier alpha value is -0.580. The minimum atomic E-state index is -0.0603. The maximum Gasteiger partial charge on any atom is 0.284 e. The molecule has 0 radical (unpaired) electrons. The molecule has 0 unspecified atom stereocenters. The average molecular weight is 289 g/mol. The van der Waals surface area contributed by atoms with Crippen LogP contribution in [0.2, 0.25) is 0 Å². The normalized spacial score (nSPS) is 10.2. The van der Waals surface area contributed by atoms with Crippen molar-refractivity contribution in [2.75, 3.05) is 5.32 Å². The summed E-state index contributed by atoms with van der Waals surface area (Å²) >= 11 is 1.72. The largest absolute Gasteiger partial charge is 0.317 e. The number of halogens is 1. The molecule has 1 amide bonds. The highest BCUT2D eigenvalue weighted by atomic mass is 127. The van der Waals surface area contributed by atoms with Crippen molar-refractivity contribution in [1.82, 2.24) is 0 Å². The zero-order valence-electron chi connectivity index (χ0n) is 7.67. The number of carbonyl (C=O) groups is 1. The Morgan fingerprint density at radius 1 is 1.31 bits per heavy atom. The second-order valence-electron chi connectivity index (χ2n) is 3.18. The molecule has 0 aromatic heterocycles. The first-order chi connectivity index (χ1) is 6.09. The van der Waals surface area contributed by atoms with E-state index in [4.69, 9.17) is 0 Å².